The van der Waals surface area contributed by atoms with E-state index in [1.165, 1.54) is 13.0 Å². The highest BCUT2D eigenvalue weighted by molar-refractivity contribution is 5.95. The number of alkyl halides is 3. The van der Waals surface area contributed by atoms with E-state index in [1.807, 2.05) is 0 Å². The van der Waals surface area contributed by atoms with Gasteiger partial charge in [-0.3, -0.25) is 4.79 Å². The fraction of sp³-hybridized carbons (Fsp3) is 0.438. The Kier molecular flexibility index (Phi) is 4.06. The van der Waals surface area contributed by atoms with Gasteiger partial charge < -0.3 is 9.42 Å². The SMILES string of the molecule is Cc1cc([C@H]2CCCN2C(=O)c2ccc(C(F)(F)F)nc2C)on1. The van der Waals surface area contributed by atoms with Gasteiger partial charge in [-0.15, -0.1) is 0 Å². The van der Waals surface area contributed by atoms with Crippen LogP contribution in [0.4, 0.5) is 13.2 Å². The molecule has 0 unspecified atom stereocenters. The summed E-state index contributed by atoms with van der Waals surface area (Å²) in [5.41, 5.74) is -0.0441. The summed E-state index contributed by atoms with van der Waals surface area (Å²) >= 11 is 0. The highest BCUT2D eigenvalue weighted by Crippen LogP contribution is 2.34. The van der Waals surface area contributed by atoms with E-state index in [0.29, 0.717) is 12.3 Å². The molecule has 3 rings (SSSR count). The van der Waals surface area contributed by atoms with Gasteiger partial charge in [0.2, 0.25) is 0 Å². The lowest BCUT2D eigenvalue weighted by molar-refractivity contribution is -0.141. The van der Waals surface area contributed by atoms with Crippen molar-refractivity contribution in [2.45, 2.75) is 38.9 Å². The average Bonchev–Trinajstić information content (AvgIpc) is 3.13. The van der Waals surface area contributed by atoms with Crippen LogP contribution in [0.5, 0.6) is 0 Å². The van der Waals surface area contributed by atoms with E-state index in [1.54, 1.807) is 17.9 Å². The Bertz CT molecular complexity index is 770. The number of aromatic nitrogens is 2. The molecule has 5 nitrogen and oxygen atoms in total. The first kappa shape index (κ1) is 16.5. The van der Waals surface area contributed by atoms with Crippen molar-refractivity contribution in [2.75, 3.05) is 6.54 Å². The Morgan fingerprint density at radius 1 is 1.33 bits per heavy atom. The summed E-state index contributed by atoms with van der Waals surface area (Å²) in [6.07, 6.45) is -3.00. The van der Waals surface area contributed by atoms with Crippen LogP contribution in [0.1, 0.15) is 52.1 Å². The summed E-state index contributed by atoms with van der Waals surface area (Å²) < 4.78 is 43.4. The first-order valence-electron chi connectivity index (χ1n) is 7.56. The smallest absolute Gasteiger partial charge is 0.359 e. The average molecular weight is 339 g/mol. The predicted octanol–water partition coefficient (Wildman–Crippen LogP) is 3.68. The van der Waals surface area contributed by atoms with Gasteiger partial charge in [0.25, 0.3) is 5.91 Å². The van der Waals surface area contributed by atoms with Crippen LogP contribution in [0.2, 0.25) is 0 Å². The van der Waals surface area contributed by atoms with Crippen LogP contribution < -0.4 is 0 Å². The van der Waals surface area contributed by atoms with E-state index in [2.05, 4.69) is 10.1 Å². The summed E-state index contributed by atoms with van der Waals surface area (Å²) in [5, 5.41) is 3.83. The molecule has 0 bridgehead atoms. The molecule has 128 valence electrons. The van der Waals surface area contributed by atoms with Crippen molar-refractivity contribution in [3.63, 3.8) is 0 Å². The number of carbonyl (C=O) groups is 1. The summed E-state index contributed by atoms with van der Waals surface area (Å²) in [5.74, 6) is 0.251. The molecule has 1 fully saturated rings. The van der Waals surface area contributed by atoms with E-state index in [0.717, 1.165) is 24.6 Å². The first-order chi connectivity index (χ1) is 11.3. The highest BCUT2D eigenvalue weighted by atomic mass is 19.4. The Morgan fingerprint density at radius 3 is 2.67 bits per heavy atom. The second-order valence-corrected chi connectivity index (χ2v) is 5.85. The summed E-state index contributed by atoms with van der Waals surface area (Å²) in [7, 11) is 0. The Balaban J connectivity index is 1.88. The third-order valence-electron chi connectivity index (χ3n) is 4.09. The quantitative estimate of drug-likeness (QED) is 0.837. The van der Waals surface area contributed by atoms with Crippen LogP contribution in [-0.2, 0) is 6.18 Å². The molecule has 0 spiro atoms. The molecule has 2 aromatic rings. The fourth-order valence-electron chi connectivity index (χ4n) is 2.95. The van der Waals surface area contributed by atoms with Gasteiger partial charge >= 0.3 is 6.18 Å². The van der Waals surface area contributed by atoms with Crippen LogP contribution in [0.25, 0.3) is 0 Å². The maximum absolute atomic E-state index is 12.8. The lowest BCUT2D eigenvalue weighted by Gasteiger charge is -2.23. The lowest BCUT2D eigenvalue weighted by Crippen LogP contribution is -2.31. The van der Waals surface area contributed by atoms with Gasteiger partial charge in [0.15, 0.2) is 5.76 Å². The fourth-order valence-corrected chi connectivity index (χ4v) is 2.95. The van der Waals surface area contributed by atoms with Gasteiger partial charge in [-0.2, -0.15) is 13.2 Å². The van der Waals surface area contributed by atoms with Gasteiger partial charge in [-0.25, -0.2) is 4.98 Å². The minimum absolute atomic E-state index is 0.0641. The number of rotatable bonds is 2. The second kappa shape index (κ2) is 5.92. The van der Waals surface area contributed by atoms with Gasteiger partial charge in [-0.1, -0.05) is 5.16 Å². The molecular formula is C16H16F3N3O2. The number of halogens is 3. The zero-order valence-corrected chi connectivity index (χ0v) is 13.2. The molecule has 24 heavy (non-hydrogen) atoms. The number of carbonyl (C=O) groups excluding carboxylic acids is 1. The van der Waals surface area contributed by atoms with Crippen LogP contribution in [0.15, 0.2) is 22.7 Å². The van der Waals surface area contributed by atoms with Crippen LogP contribution in [0, 0.1) is 13.8 Å². The molecule has 1 aliphatic heterocycles. The van der Waals surface area contributed by atoms with Gasteiger partial charge in [0.05, 0.1) is 23.0 Å². The number of hydrogen-bond donors (Lipinski definition) is 0. The van der Waals surface area contributed by atoms with Gasteiger partial charge in [-0.05, 0) is 38.8 Å². The standard InChI is InChI=1S/C16H16F3N3O2/c1-9-8-13(24-21-9)12-4-3-7-22(12)15(23)11-5-6-14(16(17,18)19)20-10(11)2/h5-6,8,12H,3-4,7H2,1-2H3/t12-/m1/s1. The molecule has 0 saturated carbocycles. The van der Waals surface area contributed by atoms with Crippen molar-refractivity contribution >= 4 is 5.91 Å². The Hall–Kier alpha value is -2.38. The van der Waals surface area contributed by atoms with Crippen LogP contribution in [-0.4, -0.2) is 27.5 Å². The second-order valence-electron chi connectivity index (χ2n) is 5.85. The first-order valence-corrected chi connectivity index (χ1v) is 7.56. The monoisotopic (exact) mass is 339 g/mol. The van der Waals surface area contributed by atoms with Crippen molar-refractivity contribution in [3.05, 3.63) is 46.6 Å². The summed E-state index contributed by atoms with van der Waals surface area (Å²) in [4.78, 5) is 17.9. The van der Waals surface area contributed by atoms with Crippen molar-refractivity contribution < 1.29 is 22.5 Å². The van der Waals surface area contributed by atoms with E-state index >= 15 is 0 Å². The van der Waals surface area contributed by atoms with Crippen LogP contribution >= 0.6 is 0 Å². The van der Waals surface area contributed by atoms with Crippen LogP contribution in [0.3, 0.4) is 0 Å². The Labute approximate surface area is 136 Å². The number of likely N-dealkylation sites (tertiary alicyclic amines) is 1. The molecule has 1 amide bonds. The molecule has 8 heteroatoms. The van der Waals surface area contributed by atoms with E-state index in [4.69, 9.17) is 4.52 Å². The third kappa shape index (κ3) is 3.00. The molecular weight excluding hydrogens is 323 g/mol. The number of nitrogens with zero attached hydrogens (tertiary/aromatic N) is 3. The third-order valence-corrected chi connectivity index (χ3v) is 4.09. The molecule has 1 atom stereocenters. The Morgan fingerprint density at radius 2 is 2.08 bits per heavy atom. The zero-order valence-electron chi connectivity index (χ0n) is 13.2. The summed E-state index contributed by atoms with van der Waals surface area (Å²) in [6.45, 7) is 3.72. The predicted molar refractivity (Wildman–Crippen MR) is 78.2 cm³/mol. The topological polar surface area (TPSA) is 59.2 Å². The van der Waals surface area contributed by atoms with E-state index in [-0.39, 0.29) is 23.2 Å². The van der Waals surface area contributed by atoms with Gasteiger partial charge in [0, 0.05) is 12.6 Å². The lowest BCUT2D eigenvalue weighted by atomic mass is 10.1. The minimum Gasteiger partial charge on any atom is -0.359 e. The number of amides is 1. The summed E-state index contributed by atoms with van der Waals surface area (Å²) in [6, 6.07) is 3.55. The molecule has 2 aromatic heterocycles. The molecule has 0 aliphatic carbocycles. The molecule has 0 radical (unpaired) electrons. The molecule has 1 saturated heterocycles. The highest BCUT2D eigenvalue weighted by Gasteiger charge is 2.36. The van der Waals surface area contributed by atoms with E-state index < -0.39 is 11.9 Å². The number of aryl methyl sites for hydroxylation is 2. The van der Waals surface area contributed by atoms with Crippen molar-refractivity contribution in [3.8, 4) is 0 Å². The normalized spacial score (nSPS) is 18.2. The minimum atomic E-state index is -4.53. The zero-order chi connectivity index (χ0) is 17.5. The largest absolute Gasteiger partial charge is 0.433 e. The maximum Gasteiger partial charge on any atom is 0.433 e. The molecule has 1 aliphatic rings. The molecule has 3 heterocycles. The number of hydrogen-bond acceptors (Lipinski definition) is 4. The maximum atomic E-state index is 12.8. The van der Waals surface area contributed by atoms with Crippen molar-refractivity contribution in [2.24, 2.45) is 0 Å². The molecule has 0 aromatic carbocycles. The number of pyridine rings is 1. The van der Waals surface area contributed by atoms with Crippen molar-refractivity contribution in [1.29, 1.82) is 0 Å². The van der Waals surface area contributed by atoms with Crippen molar-refractivity contribution in [1.82, 2.24) is 15.0 Å². The molecule has 0 N–H and O–H groups in total. The van der Waals surface area contributed by atoms with Gasteiger partial charge in [0.1, 0.15) is 5.69 Å². The van der Waals surface area contributed by atoms with E-state index in [9.17, 15) is 18.0 Å².